The Morgan fingerprint density at radius 3 is 2.71 bits per heavy atom. The number of nitrogens with zero attached hydrogens (tertiary/aromatic N) is 3. The summed E-state index contributed by atoms with van der Waals surface area (Å²) >= 11 is 1.39. The average molecular weight is 514 g/mol. The minimum absolute atomic E-state index is 0.0382. The Balaban J connectivity index is 1.52. The molecule has 10 heteroatoms. The van der Waals surface area contributed by atoms with Crippen molar-refractivity contribution in [1.82, 2.24) is 9.29 Å². The van der Waals surface area contributed by atoms with Crippen LogP contribution in [0, 0.1) is 5.82 Å². The van der Waals surface area contributed by atoms with Crippen molar-refractivity contribution >= 4 is 42.6 Å². The number of aromatic nitrogens is 1. The molecule has 1 aliphatic heterocycles. The molecule has 0 aliphatic carbocycles. The van der Waals surface area contributed by atoms with Crippen molar-refractivity contribution in [2.45, 2.75) is 43.7 Å². The van der Waals surface area contributed by atoms with Crippen LogP contribution in [-0.2, 0) is 27.8 Å². The van der Waals surface area contributed by atoms with E-state index in [-0.39, 0.29) is 23.9 Å². The average Bonchev–Trinajstić information content (AvgIpc) is 3.62. The lowest BCUT2D eigenvalue weighted by atomic mass is 10.1. The van der Waals surface area contributed by atoms with Crippen LogP contribution < -0.4 is 4.90 Å². The summed E-state index contributed by atoms with van der Waals surface area (Å²) in [5, 5.41) is 0.494. The maximum Gasteiger partial charge on any atom is 0.247 e. The normalized spacial score (nSPS) is 16.7. The number of furan rings is 1. The lowest BCUT2D eigenvalue weighted by molar-refractivity contribution is -0.121. The highest BCUT2D eigenvalue weighted by Gasteiger charge is 2.42. The second-order valence-corrected chi connectivity index (χ2v) is 11.2. The summed E-state index contributed by atoms with van der Waals surface area (Å²) in [6, 6.07) is 13.2. The van der Waals surface area contributed by atoms with Gasteiger partial charge in [-0.15, -0.1) is 0 Å². The smallest absolute Gasteiger partial charge is 0.247 e. The SMILES string of the molecule is CCc1cccc2sc(N(Cc3ccco3)C(=O)C3CCCN3S(=O)(=O)c3ccc(F)cc3)nc12. The van der Waals surface area contributed by atoms with Gasteiger partial charge in [0.25, 0.3) is 0 Å². The van der Waals surface area contributed by atoms with E-state index in [1.165, 1.54) is 38.9 Å². The van der Waals surface area contributed by atoms with Crippen molar-refractivity contribution in [2.24, 2.45) is 0 Å². The first-order chi connectivity index (χ1) is 16.9. The zero-order valence-corrected chi connectivity index (χ0v) is 20.7. The zero-order valence-electron chi connectivity index (χ0n) is 19.1. The van der Waals surface area contributed by atoms with Gasteiger partial charge in [0.1, 0.15) is 17.6 Å². The van der Waals surface area contributed by atoms with Gasteiger partial charge in [0.2, 0.25) is 15.9 Å². The van der Waals surface area contributed by atoms with E-state index in [0.29, 0.717) is 23.7 Å². The van der Waals surface area contributed by atoms with Gasteiger partial charge in [-0.3, -0.25) is 9.69 Å². The second-order valence-electron chi connectivity index (χ2n) is 8.35. The highest BCUT2D eigenvalue weighted by atomic mass is 32.2. The van der Waals surface area contributed by atoms with E-state index < -0.39 is 21.9 Å². The standard InChI is InChI=1S/C25H24FN3O4S2/c1-2-17-6-3-9-22-23(17)27-25(34-22)28(16-19-7-5-15-33-19)24(30)21-8-4-14-29(21)35(31,32)20-12-10-18(26)11-13-20/h3,5-7,9-13,15,21H,2,4,8,14,16H2,1H3. The number of rotatable bonds is 7. The molecule has 0 N–H and O–H groups in total. The number of aryl methyl sites for hydroxylation is 1. The number of hydrogen-bond donors (Lipinski definition) is 0. The Morgan fingerprint density at radius 1 is 1.20 bits per heavy atom. The summed E-state index contributed by atoms with van der Waals surface area (Å²) in [5.41, 5.74) is 1.92. The highest BCUT2D eigenvalue weighted by molar-refractivity contribution is 7.89. The lowest BCUT2D eigenvalue weighted by Crippen LogP contribution is -2.47. The first-order valence-electron chi connectivity index (χ1n) is 11.4. The van der Waals surface area contributed by atoms with Crippen LogP contribution in [0.3, 0.4) is 0 Å². The van der Waals surface area contributed by atoms with Crippen LogP contribution in [-0.4, -0.2) is 36.2 Å². The largest absolute Gasteiger partial charge is 0.467 e. The van der Waals surface area contributed by atoms with Crippen molar-refractivity contribution in [3.8, 4) is 0 Å². The van der Waals surface area contributed by atoms with Crippen LogP contribution in [0.25, 0.3) is 10.2 Å². The maximum atomic E-state index is 13.9. The van der Waals surface area contributed by atoms with E-state index in [1.54, 1.807) is 12.1 Å². The Kier molecular flexibility index (Phi) is 6.43. The van der Waals surface area contributed by atoms with Crippen LogP contribution >= 0.6 is 11.3 Å². The van der Waals surface area contributed by atoms with Gasteiger partial charge in [0.15, 0.2) is 5.13 Å². The maximum absolute atomic E-state index is 13.9. The second kappa shape index (κ2) is 9.52. The van der Waals surface area contributed by atoms with E-state index in [9.17, 15) is 17.6 Å². The molecule has 1 saturated heterocycles. The molecular weight excluding hydrogens is 489 g/mol. The topological polar surface area (TPSA) is 83.7 Å². The first kappa shape index (κ1) is 23.7. The number of fused-ring (bicyclic) bond motifs is 1. The summed E-state index contributed by atoms with van der Waals surface area (Å²) in [4.78, 5) is 20.2. The van der Waals surface area contributed by atoms with E-state index in [1.807, 2.05) is 18.2 Å². The summed E-state index contributed by atoms with van der Waals surface area (Å²) in [6.45, 7) is 2.40. The van der Waals surface area contributed by atoms with Crippen molar-refractivity contribution in [3.05, 3.63) is 78.0 Å². The van der Waals surface area contributed by atoms with E-state index in [0.717, 1.165) is 34.3 Å². The highest BCUT2D eigenvalue weighted by Crippen LogP contribution is 2.35. The van der Waals surface area contributed by atoms with Gasteiger partial charge in [-0.05, 0) is 67.3 Å². The molecule has 7 nitrogen and oxygen atoms in total. The third-order valence-electron chi connectivity index (χ3n) is 6.17. The molecular formula is C25H24FN3O4S2. The van der Waals surface area contributed by atoms with Crippen molar-refractivity contribution < 1.29 is 22.0 Å². The number of hydrogen-bond acceptors (Lipinski definition) is 6. The van der Waals surface area contributed by atoms with Gasteiger partial charge < -0.3 is 4.42 Å². The molecule has 0 radical (unpaired) electrons. The molecule has 182 valence electrons. The molecule has 4 aromatic rings. The third kappa shape index (κ3) is 4.49. The zero-order chi connectivity index (χ0) is 24.6. The quantitative estimate of drug-likeness (QED) is 0.348. The molecule has 2 aromatic heterocycles. The Morgan fingerprint density at radius 2 is 2.00 bits per heavy atom. The summed E-state index contributed by atoms with van der Waals surface area (Å²) in [5.74, 6) is -0.314. The number of sulfonamides is 1. The van der Waals surface area contributed by atoms with Gasteiger partial charge in [-0.25, -0.2) is 17.8 Å². The van der Waals surface area contributed by atoms with Crippen LogP contribution in [0.4, 0.5) is 9.52 Å². The molecule has 5 rings (SSSR count). The molecule has 35 heavy (non-hydrogen) atoms. The summed E-state index contributed by atoms with van der Waals surface area (Å²) in [6.07, 6.45) is 3.27. The monoisotopic (exact) mass is 513 g/mol. The molecule has 3 heterocycles. The fraction of sp³-hybridized carbons (Fsp3) is 0.280. The van der Waals surface area contributed by atoms with Crippen LogP contribution in [0.1, 0.15) is 31.1 Å². The van der Waals surface area contributed by atoms with E-state index in [2.05, 4.69) is 6.92 Å². The van der Waals surface area contributed by atoms with Crippen LogP contribution in [0.2, 0.25) is 0 Å². The van der Waals surface area contributed by atoms with Gasteiger partial charge in [0, 0.05) is 6.54 Å². The number of anilines is 1. The lowest BCUT2D eigenvalue weighted by Gasteiger charge is -2.28. The minimum Gasteiger partial charge on any atom is -0.467 e. The number of thiazole rings is 1. The fourth-order valence-corrected chi connectivity index (χ4v) is 7.06. The number of benzene rings is 2. The molecule has 1 atom stereocenters. The molecule has 0 bridgehead atoms. The Hall–Kier alpha value is -3.08. The molecule has 1 aliphatic rings. The number of halogens is 1. The van der Waals surface area contributed by atoms with Crippen molar-refractivity contribution in [1.29, 1.82) is 0 Å². The van der Waals surface area contributed by atoms with Gasteiger partial charge in [-0.2, -0.15) is 4.31 Å². The molecule has 2 aromatic carbocycles. The number of carbonyl (C=O) groups is 1. The summed E-state index contributed by atoms with van der Waals surface area (Å²) in [7, 11) is -3.98. The first-order valence-corrected chi connectivity index (χ1v) is 13.6. The van der Waals surface area contributed by atoms with E-state index in [4.69, 9.17) is 9.40 Å². The predicted octanol–water partition coefficient (Wildman–Crippen LogP) is 4.98. The predicted molar refractivity (Wildman–Crippen MR) is 132 cm³/mol. The molecule has 0 saturated carbocycles. The number of carbonyl (C=O) groups excluding carboxylic acids is 1. The fourth-order valence-electron chi connectivity index (χ4n) is 4.39. The Bertz CT molecular complexity index is 1450. The van der Waals surface area contributed by atoms with Gasteiger partial charge in [-0.1, -0.05) is 30.4 Å². The van der Waals surface area contributed by atoms with Crippen molar-refractivity contribution in [3.63, 3.8) is 0 Å². The Labute approximate surface area is 206 Å². The molecule has 1 unspecified atom stereocenters. The molecule has 0 spiro atoms. The van der Waals surface area contributed by atoms with Crippen molar-refractivity contribution in [2.75, 3.05) is 11.4 Å². The number of amides is 1. The molecule has 1 amide bonds. The minimum atomic E-state index is -3.98. The van der Waals surface area contributed by atoms with Crippen LogP contribution in [0.15, 0.2) is 70.2 Å². The third-order valence-corrected chi connectivity index (χ3v) is 9.14. The van der Waals surface area contributed by atoms with E-state index >= 15 is 0 Å². The van der Waals surface area contributed by atoms with Crippen LogP contribution in [0.5, 0.6) is 0 Å². The van der Waals surface area contributed by atoms with Gasteiger partial charge in [0.05, 0.1) is 27.9 Å². The number of para-hydroxylation sites is 1. The van der Waals surface area contributed by atoms with Gasteiger partial charge >= 0.3 is 0 Å². The molecule has 1 fully saturated rings. The summed E-state index contributed by atoms with van der Waals surface area (Å²) < 4.78 is 47.8.